The predicted octanol–water partition coefficient (Wildman–Crippen LogP) is 8.41. The molecule has 0 fully saturated rings. The van der Waals surface area contributed by atoms with Gasteiger partial charge in [-0.2, -0.15) is 0 Å². The van der Waals surface area contributed by atoms with Crippen LogP contribution in [0.2, 0.25) is 0 Å². The lowest BCUT2D eigenvalue weighted by Gasteiger charge is -2.44. The zero-order valence-electron chi connectivity index (χ0n) is 22.9. The van der Waals surface area contributed by atoms with Gasteiger partial charge in [0, 0.05) is 0 Å². The lowest BCUT2D eigenvalue weighted by Crippen LogP contribution is -2.38. The van der Waals surface area contributed by atoms with Gasteiger partial charge in [0.05, 0.1) is 0 Å². The van der Waals surface area contributed by atoms with Gasteiger partial charge in [0.2, 0.25) is 0 Å². The van der Waals surface area contributed by atoms with E-state index >= 15 is 0 Å². The number of benzene rings is 4. The standard InChI is InChI=1S/C36H40P/c1-35(2)23-24-36(3,4)33-26-31-27(25-32(33)35)15-14-22-34(31)37(28-16-8-5-9-17-28,29-18-10-6-11-19-29)30-20-12-7-13-21-30/h5-13,16-21,25-26,34H,14-15,22-24H2,1-4H3/q+1. The summed E-state index contributed by atoms with van der Waals surface area (Å²) < 4.78 is 0. The highest BCUT2D eigenvalue weighted by Gasteiger charge is 2.54. The monoisotopic (exact) mass is 503 g/mol. The maximum atomic E-state index is 2.69. The third-order valence-corrected chi connectivity index (χ3v) is 14.2. The molecule has 0 amide bonds. The number of hydrogen-bond acceptors (Lipinski definition) is 0. The molecule has 4 aromatic carbocycles. The van der Waals surface area contributed by atoms with E-state index < -0.39 is 7.26 Å². The predicted molar refractivity (Wildman–Crippen MR) is 163 cm³/mol. The van der Waals surface area contributed by atoms with Crippen molar-refractivity contribution in [2.24, 2.45) is 0 Å². The van der Waals surface area contributed by atoms with E-state index in [4.69, 9.17) is 0 Å². The molecule has 0 N–H and O–H groups in total. The largest absolute Gasteiger partial charge is 0.119 e. The molecule has 4 aromatic rings. The summed E-state index contributed by atoms with van der Waals surface area (Å²) in [6, 6.07) is 39.8. The summed E-state index contributed by atoms with van der Waals surface area (Å²) in [5.41, 5.74) is 7.38. The maximum absolute atomic E-state index is 2.69. The molecule has 0 spiro atoms. The van der Waals surface area contributed by atoms with E-state index in [-0.39, 0.29) is 10.8 Å². The second kappa shape index (κ2) is 9.25. The fourth-order valence-electron chi connectivity index (χ4n) is 7.22. The Labute approximate surface area is 224 Å². The fourth-order valence-corrected chi connectivity index (χ4v) is 12.4. The zero-order chi connectivity index (χ0) is 25.7. The molecule has 1 unspecified atom stereocenters. The van der Waals surface area contributed by atoms with Crippen molar-refractivity contribution in [2.45, 2.75) is 76.3 Å². The summed E-state index contributed by atoms with van der Waals surface area (Å²) in [5.74, 6) is 0. The van der Waals surface area contributed by atoms with Crippen molar-refractivity contribution >= 4 is 23.2 Å². The SMILES string of the molecule is CC1(C)CCC(C)(C)c2cc3c(cc21)CCCC3[P+](c1ccccc1)(c1ccccc1)c1ccccc1. The fraction of sp³-hybridized carbons (Fsp3) is 0.333. The van der Waals surface area contributed by atoms with Crippen LogP contribution in [0, 0.1) is 0 Å². The van der Waals surface area contributed by atoms with Crippen LogP contribution < -0.4 is 15.9 Å². The Morgan fingerprint density at radius 2 is 1.03 bits per heavy atom. The summed E-state index contributed by atoms with van der Waals surface area (Å²) >= 11 is 0. The molecule has 2 aliphatic rings. The molecule has 0 aliphatic heterocycles. The molecule has 37 heavy (non-hydrogen) atoms. The molecular formula is C36H40P+. The average Bonchev–Trinajstić information content (AvgIpc) is 2.93. The van der Waals surface area contributed by atoms with Gasteiger partial charge in [-0.3, -0.25) is 0 Å². The van der Waals surface area contributed by atoms with Crippen LogP contribution in [0.25, 0.3) is 0 Å². The molecule has 0 nitrogen and oxygen atoms in total. The molecule has 0 bridgehead atoms. The van der Waals surface area contributed by atoms with Crippen LogP contribution in [0.3, 0.4) is 0 Å². The van der Waals surface area contributed by atoms with Crippen LogP contribution in [-0.4, -0.2) is 0 Å². The van der Waals surface area contributed by atoms with Crippen LogP contribution in [0.4, 0.5) is 0 Å². The van der Waals surface area contributed by atoms with Gasteiger partial charge >= 0.3 is 0 Å². The van der Waals surface area contributed by atoms with Crippen LogP contribution in [0.5, 0.6) is 0 Å². The van der Waals surface area contributed by atoms with E-state index in [1.54, 1.807) is 22.3 Å². The van der Waals surface area contributed by atoms with Crippen molar-refractivity contribution < 1.29 is 0 Å². The molecule has 1 atom stereocenters. The Kier molecular flexibility index (Phi) is 6.16. The van der Waals surface area contributed by atoms with E-state index in [0.29, 0.717) is 5.66 Å². The number of fused-ring (bicyclic) bond motifs is 2. The molecule has 0 saturated heterocycles. The Hall–Kier alpha value is -2.69. The minimum atomic E-state index is -1.97. The summed E-state index contributed by atoms with van der Waals surface area (Å²) in [7, 11) is -1.97. The summed E-state index contributed by atoms with van der Waals surface area (Å²) in [6.45, 7) is 9.87. The Morgan fingerprint density at radius 1 is 0.595 bits per heavy atom. The topological polar surface area (TPSA) is 0 Å². The van der Waals surface area contributed by atoms with Crippen molar-refractivity contribution in [3.8, 4) is 0 Å². The molecule has 188 valence electrons. The average molecular weight is 504 g/mol. The summed E-state index contributed by atoms with van der Waals surface area (Å²) in [5, 5.41) is 4.51. The van der Waals surface area contributed by atoms with Gasteiger partial charge in [0.25, 0.3) is 0 Å². The minimum Gasteiger partial charge on any atom is -0.0620 e. The lowest BCUT2D eigenvalue weighted by molar-refractivity contribution is 0.331. The van der Waals surface area contributed by atoms with Crippen molar-refractivity contribution in [1.29, 1.82) is 0 Å². The van der Waals surface area contributed by atoms with E-state index in [2.05, 4.69) is 131 Å². The van der Waals surface area contributed by atoms with E-state index in [1.165, 1.54) is 48.0 Å². The van der Waals surface area contributed by atoms with Gasteiger partial charge in [0.1, 0.15) is 28.8 Å². The zero-order valence-corrected chi connectivity index (χ0v) is 23.8. The minimum absolute atomic E-state index is 0.217. The van der Waals surface area contributed by atoms with Crippen molar-refractivity contribution in [3.05, 3.63) is 125 Å². The van der Waals surface area contributed by atoms with Crippen molar-refractivity contribution in [1.82, 2.24) is 0 Å². The van der Waals surface area contributed by atoms with Crippen LogP contribution in [0.1, 0.15) is 81.3 Å². The third kappa shape index (κ3) is 4.00. The molecule has 0 heterocycles. The lowest BCUT2D eigenvalue weighted by atomic mass is 9.62. The normalized spacial score (nSPS) is 20.1. The third-order valence-electron chi connectivity index (χ3n) is 9.35. The van der Waals surface area contributed by atoms with Gasteiger partial charge in [0.15, 0.2) is 0 Å². The van der Waals surface area contributed by atoms with Crippen LogP contribution in [-0.2, 0) is 17.3 Å². The highest BCUT2D eigenvalue weighted by atomic mass is 31.2. The Bertz CT molecular complexity index is 1290. The van der Waals surface area contributed by atoms with Crippen LogP contribution in [0.15, 0.2) is 103 Å². The van der Waals surface area contributed by atoms with Gasteiger partial charge in [-0.15, -0.1) is 0 Å². The first-order chi connectivity index (χ1) is 17.8. The van der Waals surface area contributed by atoms with Gasteiger partial charge in [-0.05, 0) is 102 Å². The van der Waals surface area contributed by atoms with Crippen molar-refractivity contribution in [3.63, 3.8) is 0 Å². The first-order valence-electron chi connectivity index (χ1n) is 14.1. The first kappa shape index (κ1) is 24.6. The van der Waals surface area contributed by atoms with Gasteiger partial charge in [-0.1, -0.05) is 94.4 Å². The molecule has 6 rings (SSSR count). The summed E-state index contributed by atoms with van der Waals surface area (Å²) in [4.78, 5) is 0. The molecule has 1 heteroatoms. The molecule has 0 aromatic heterocycles. The highest BCUT2D eigenvalue weighted by Crippen LogP contribution is 2.70. The molecule has 2 aliphatic carbocycles. The van der Waals surface area contributed by atoms with E-state index in [1.807, 2.05) is 0 Å². The number of rotatable bonds is 4. The molecular weight excluding hydrogens is 463 g/mol. The summed E-state index contributed by atoms with van der Waals surface area (Å²) in [6.07, 6.45) is 6.22. The second-order valence-corrected chi connectivity index (χ2v) is 16.1. The number of aryl methyl sites for hydroxylation is 1. The van der Waals surface area contributed by atoms with E-state index in [0.717, 1.165) is 0 Å². The smallest absolute Gasteiger partial charge is 0.0620 e. The number of hydrogen-bond donors (Lipinski definition) is 0. The first-order valence-corrected chi connectivity index (χ1v) is 15.9. The maximum Gasteiger partial charge on any atom is 0.119 e. The second-order valence-electron chi connectivity index (χ2n) is 12.5. The quantitative estimate of drug-likeness (QED) is 0.245. The molecule has 0 saturated carbocycles. The van der Waals surface area contributed by atoms with Gasteiger partial charge < -0.3 is 0 Å². The molecule has 0 radical (unpaired) electrons. The van der Waals surface area contributed by atoms with Crippen molar-refractivity contribution in [2.75, 3.05) is 0 Å². The Morgan fingerprint density at radius 3 is 1.49 bits per heavy atom. The van der Waals surface area contributed by atoms with Gasteiger partial charge in [-0.25, -0.2) is 0 Å². The van der Waals surface area contributed by atoms with Crippen LogP contribution >= 0.6 is 7.26 Å². The van der Waals surface area contributed by atoms with E-state index in [9.17, 15) is 0 Å². The Balaban J connectivity index is 1.68. The highest BCUT2D eigenvalue weighted by molar-refractivity contribution is 7.96.